The molecule has 1 aromatic heterocycles. The van der Waals surface area contributed by atoms with Crippen molar-refractivity contribution in [3.63, 3.8) is 0 Å². The highest BCUT2D eigenvalue weighted by Gasteiger charge is 2.24. The Hall–Kier alpha value is -2.43. The van der Waals surface area contributed by atoms with Gasteiger partial charge in [-0.1, -0.05) is 20.3 Å². The summed E-state index contributed by atoms with van der Waals surface area (Å²) in [7, 11) is 0. The van der Waals surface area contributed by atoms with Crippen LogP contribution >= 0.6 is 0 Å². The molecule has 1 N–H and O–H groups in total. The molecule has 26 heavy (non-hydrogen) atoms. The molecule has 2 aromatic rings. The van der Waals surface area contributed by atoms with E-state index in [2.05, 4.69) is 35.2 Å². The van der Waals surface area contributed by atoms with Crippen molar-refractivity contribution in [2.45, 2.75) is 53.1 Å². The van der Waals surface area contributed by atoms with Crippen LogP contribution in [0.5, 0.6) is 5.75 Å². The summed E-state index contributed by atoms with van der Waals surface area (Å²) in [6.07, 6.45) is 4.17. The van der Waals surface area contributed by atoms with Gasteiger partial charge in [0.15, 0.2) is 0 Å². The second-order valence-electron chi connectivity index (χ2n) is 7.23. The van der Waals surface area contributed by atoms with Crippen LogP contribution in [0.15, 0.2) is 24.4 Å². The standard InChI is InChI=1S/C21H27N3O2/c1-5-13(2)8-20(25)23-12-18-10-17-9-16(6-7-19(17)26-18)21-15(4)22-11-14(3)24-21/h6-7,9,11,13,18H,5,8,10,12H2,1-4H3,(H,23,25). The van der Waals surface area contributed by atoms with Gasteiger partial charge in [-0.15, -0.1) is 0 Å². The van der Waals surface area contributed by atoms with Gasteiger partial charge in [0.25, 0.3) is 0 Å². The lowest BCUT2D eigenvalue weighted by Crippen LogP contribution is -2.35. The van der Waals surface area contributed by atoms with E-state index >= 15 is 0 Å². The number of amides is 1. The predicted octanol–water partition coefficient (Wildman–Crippen LogP) is 3.62. The molecule has 0 radical (unpaired) electrons. The lowest BCUT2D eigenvalue weighted by atomic mass is 10.0. The second-order valence-corrected chi connectivity index (χ2v) is 7.23. The SMILES string of the molecule is CCC(C)CC(=O)NCC1Cc2cc(-c3nc(C)cnc3C)ccc2O1. The fourth-order valence-corrected chi connectivity index (χ4v) is 3.15. The summed E-state index contributed by atoms with van der Waals surface area (Å²) in [5, 5.41) is 3.00. The van der Waals surface area contributed by atoms with Crippen LogP contribution in [0.3, 0.4) is 0 Å². The van der Waals surface area contributed by atoms with Gasteiger partial charge in [-0.3, -0.25) is 9.78 Å². The molecule has 2 heterocycles. The maximum atomic E-state index is 12.0. The van der Waals surface area contributed by atoms with Crippen LogP contribution in [0.4, 0.5) is 0 Å². The number of carbonyl (C=O) groups excluding carboxylic acids is 1. The van der Waals surface area contributed by atoms with E-state index in [1.807, 2.05) is 26.0 Å². The normalized spacial score (nSPS) is 16.7. The van der Waals surface area contributed by atoms with Crippen LogP contribution in [-0.4, -0.2) is 28.5 Å². The number of carbonyl (C=O) groups is 1. The number of nitrogens with zero attached hydrogens (tertiary/aromatic N) is 2. The van der Waals surface area contributed by atoms with Crippen molar-refractivity contribution < 1.29 is 9.53 Å². The Morgan fingerprint density at radius 2 is 2.19 bits per heavy atom. The van der Waals surface area contributed by atoms with Crippen LogP contribution in [0.2, 0.25) is 0 Å². The van der Waals surface area contributed by atoms with Gasteiger partial charge in [-0.2, -0.15) is 0 Å². The number of aryl methyl sites for hydroxylation is 2. The smallest absolute Gasteiger partial charge is 0.220 e. The largest absolute Gasteiger partial charge is 0.488 e. The highest BCUT2D eigenvalue weighted by atomic mass is 16.5. The van der Waals surface area contributed by atoms with E-state index in [0.29, 0.717) is 18.9 Å². The summed E-state index contributed by atoms with van der Waals surface area (Å²) in [6, 6.07) is 6.15. The van der Waals surface area contributed by atoms with Crippen molar-refractivity contribution in [2.24, 2.45) is 5.92 Å². The van der Waals surface area contributed by atoms with Crippen molar-refractivity contribution in [3.05, 3.63) is 41.3 Å². The molecule has 0 aliphatic carbocycles. The quantitative estimate of drug-likeness (QED) is 0.861. The first-order valence-corrected chi connectivity index (χ1v) is 9.33. The Kier molecular flexibility index (Phi) is 5.55. The number of fused-ring (bicyclic) bond motifs is 1. The van der Waals surface area contributed by atoms with Gasteiger partial charge in [-0.25, -0.2) is 4.98 Å². The first-order chi connectivity index (χ1) is 12.5. The van der Waals surface area contributed by atoms with Crippen molar-refractivity contribution in [3.8, 4) is 17.0 Å². The van der Waals surface area contributed by atoms with Crippen molar-refractivity contribution in [2.75, 3.05) is 6.54 Å². The molecule has 1 aromatic carbocycles. The average Bonchev–Trinajstić information content (AvgIpc) is 3.04. The Labute approximate surface area is 155 Å². The van der Waals surface area contributed by atoms with E-state index in [1.54, 1.807) is 6.20 Å². The fourth-order valence-electron chi connectivity index (χ4n) is 3.15. The van der Waals surface area contributed by atoms with Gasteiger partial charge in [0, 0.05) is 24.6 Å². The molecule has 3 rings (SSSR count). The molecular formula is C21H27N3O2. The Balaban J connectivity index is 1.65. The van der Waals surface area contributed by atoms with Crippen LogP contribution in [-0.2, 0) is 11.2 Å². The molecule has 1 aliphatic heterocycles. The lowest BCUT2D eigenvalue weighted by molar-refractivity contribution is -0.122. The van der Waals surface area contributed by atoms with Gasteiger partial charge in [0.2, 0.25) is 5.91 Å². The number of aromatic nitrogens is 2. The monoisotopic (exact) mass is 353 g/mol. The molecular weight excluding hydrogens is 326 g/mol. The minimum atomic E-state index is -0.00850. The summed E-state index contributed by atoms with van der Waals surface area (Å²) in [4.78, 5) is 21.0. The topological polar surface area (TPSA) is 64.1 Å². The van der Waals surface area contributed by atoms with Crippen LogP contribution in [0.25, 0.3) is 11.3 Å². The number of ether oxygens (including phenoxy) is 1. The highest BCUT2D eigenvalue weighted by molar-refractivity contribution is 5.76. The first kappa shape index (κ1) is 18.4. The summed E-state index contributed by atoms with van der Waals surface area (Å²) in [5.41, 5.74) is 4.96. The van der Waals surface area contributed by atoms with Crippen molar-refractivity contribution in [1.82, 2.24) is 15.3 Å². The minimum absolute atomic E-state index is 0.00850. The summed E-state index contributed by atoms with van der Waals surface area (Å²) >= 11 is 0. The van der Waals surface area contributed by atoms with Crippen LogP contribution in [0, 0.1) is 19.8 Å². The molecule has 1 aliphatic rings. The fraction of sp³-hybridized carbons (Fsp3) is 0.476. The third-order valence-electron chi connectivity index (χ3n) is 4.91. The molecule has 0 saturated heterocycles. The van der Waals surface area contributed by atoms with Gasteiger partial charge in [-0.05, 0) is 43.5 Å². The average molecular weight is 353 g/mol. The van der Waals surface area contributed by atoms with E-state index in [1.165, 1.54) is 0 Å². The van der Waals surface area contributed by atoms with E-state index in [4.69, 9.17) is 4.74 Å². The van der Waals surface area contributed by atoms with Gasteiger partial charge < -0.3 is 10.1 Å². The maximum Gasteiger partial charge on any atom is 0.220 e. The number of hydrogen-bond donors (Lipinski definition) is 1. The molecule has 0 saturated carbocycles. The molecule has 2 unspecified atom stereocenters. The zero-order valence-electron chi connectivity index (χ0n) is 16.0. The second kappa shape index (κ2) is 7.85. The van der Waals surface area contributed by atoms with Crippen molar-refractivity contribution in [1.29, 1.82) is 0 Å². The molecule has 0 spiro atoms. The molecule has 1 amide bonds. The van der Waals surface area contributed by atoms with E-state index < -0.39 is 0 Å². The summed E-state index contributed by atoms with van der Waals surface area (Å²) in [6.45, 7) is 8.67. The van der Waals surface area contributed by atoms with Gasteiger partial charge in [0.05, 0.1) is 23.6 Å². The highest BCUT2D eigenvalue weighted by Crippen LogP contribution is 2.33. The predicted molar refractivity (Wildman–Crippen MR) is 102 cm³/mol. The molecule has 0 fully saturated rings. The Morgan fingerprint density at radius 3 is 2.96 bits per heavy atom. The molecule has 5 nitrogen and oxygen atoms in total. The van der Waals surface area contributed by atoms with E-state index in [9.17, 15) is 4.79 Å². The van der Waals surface area contributed by atoms with E-state index in [-0.39, 0.29) is 12.0 Å². The molecule has 138 valence electrons. The van der Waals surface area contributed by atoms with Gasteiger partial charge >= 0.3 is 0 Å². The molecule has 2 atom stereocenters. The number of rotatable bonds is 6. The van der Waals surface area contributed by atoms with Crippen molar-refractivity contribution >= 4 is 5.91 Å². The number of nitrogens with one attached hydrogen (secondary N) is 1. The number of hydrogen-bond acceptors (Lipinski definition) is 4. The minimum Gasteiger partial charge on any atom is -0.488 e. The summed E-state index contributed by atoms with van der Waals surface area (Å²) in [5.74, 6) is 1.41. The van der Waals surface area contributed by atoms with Crippen LogP contribution in [0.1, 0.15) is 43.6 Å². The Morgan fingerprint density at radius 1 is 1.38 bits per heavy atom. The zero-order chi connectivity index (χ0) is 18.7. The summed E-state index contributed by atoms with van der Waals surface area (Å²) < 4.78 is 5.98. The first-order valence-electron chi connectivity index (χ1n) is 9.33. The maximum absolute atomic E-state index is 12.0. The molecule has 5 heteroatoms. The third-order valence-corrected chi connectivity index (χ3v) is 4.91. The Bertz CT molecular complexity index is 804. The lowest BCUT2D eigenvalue weighted by Gasteiger charge is -2.13. The molecule has 0 bridgehead atoms. The zero-order valence-corrected chi connectivity index (χ0v) is 16.0. The third kappa shape index (κ3) is 4.21. The number of benzene rings is 1. The van der Waals surface area contributed by atoms with Gasteiger partial charge in [0.1, 0.15) is 11.9 Å². The van der Waals surface area contributed by atoms with E-state index in [0.717, 1.165) is 46.8 Å². The van der Waals surface area contributed by atoms with Crippen LogP contribution < -0.4 is 10.1 Å².